The molecule has 3 heteroatoms. The van der Waals surface area contributed by atoms with Crippen LogP contribution in [-0.4, -0.2) is 23.4 Å². The summed E-state index contributed by atoms with van der Waals surface area (Å²) in [5.74, 6) is 0.0830. The average molecular weight is 316 g/mol. The zero-order valence-corrected chi connectivity index (χ0v) is 15.2. The molecule has 1 aliphatic heterocycles. The van der Waals surface area contributed by atoms with Gasteiger partial charge in [0, 0.05) is 17.8 Å². The number of aryl methyl sites for hydroxylation is 2. The Kier molecular flexibility index (Phi) is 7.87. The van der Waals surface area contributed by atoms with Crippen molar-refractivity contribution in [3.05, 3.63) is 41.5 Å². The van der Waals surface area contributed by atoms with Crippen LogP contribution >= 0.6 is 0 Å². The molecule has 1 aliphatic rings. The number of anilines is 1. The van der Waals surface area contributed by atoms with E-state index in [0.29, 0.717) is 0 Å². The summed E-state index contributed by atoms with van der Waals surface area (Å²) in [6.45, 7) is 13.0. The predicted octanol–water partition coefficient (Wildman–Crippen LogP) is 4.74. The van der Waals surface area contributed by atoms with Crippen LogP contribution in [0.25, 0.3) is 0 Å². The monoisotopic (exact) mass is 316 g/mol. The Hall–Kier alpha value is -1.77. The van der Waals surface area contributed by atoms with Crippen molar-refractivity contribution < 1.29 is 4.79 Å². The quantitative estimate of drug-likeness (QED) is 0.644. The minimum Gasteiger partial charge on any atom is -0.398 e. The molecule has 0 aromatic heterocycles. The molecule has 0 spiro atoms. The van der Waals surface area contributed by atoms with Crippen molar-refractivity contribution in [1.29, 1.82) is 0 Å². The van der Waals surface area contributed by atoms with Crippen LogP contribution in [0.15, 0.2) is 24.8 Å². The highest BCUT2D eigenvalue weighted by molar-refractivity contribution is 5.97. The molecular formula is C20H32N2O. The highest BCUT2D eigenvalue weighted by Gasteiger charge is 2.28. The molecule has 1 atom stereocenters. The third-order valence-electron chi connectivity index (χ3n) is 4.07. The molecule has 1 saturated heterocycles. The topological polar surface area (TPSA) is 46.3 Å². The summed E-state index contributed by atoms with van der Waals surface area (Å²) in [6.07, 6.45) is 7.19. The van der Waals surface area contributed by atoms with Crippen molar-refractivity contribution >= 4 is 11.6 Å². The van der Waals surface area contributed by atoms with Gasteiger partial charge >= 0.3 is 0 Å². The zero-order chi connectivity index (χ0) is 17.4. The first kappa shape index (κ1) is 19.3. The minimum absolute atomic E-state index is 0.0830. The largest absolute Gasteiger partial charge is 0.398 e. The van der Waals surface area contributed by atoms with E-state index in [1.165, 1.54) is 6.42 Å². The van der Waals surface area contributed by atoms with Gasteiger partial charge in [0.05, 0.1) is 6.04 Å². The summed E-state index contributed by atoms with van der Waals surface area (Å²) in [4.78, 5) is 14.6. The Balaban J connectivity index is 0.000000816. The molecule has 2 N–H and O–H groups in total. The number of carbonyl (C=O) groups is 1. The summed E-state index contributed by atoms with van der Waals surface area (Å²) in [5, 5.41) is 0. The molecule has 0 aliphatic carbocycles. The molecule has 1 amide bonds. The summed E-state index contributed by atoms with van der Waals surface area (Å²) in [7, 11) is 0. The second kappa shape index (κ2) is 9.39. The Morgan fingerprint density at radius 1 is 1.39 bits per heavy atom. The average Bonchev–Trinajstić information content (AvgIpc) is 2.99. The summed E-state index contributed by atoms with van der Waals surface area (Å²) in [6, 6.07) is 4.07. The first-order valence-electron chi connectivity index (χ1n) is 8.82. The normalized spacial score (nSPS) is 16.7. The smallest absolute Gasteiger partial charge is 0.254 e. The Morgan fingerprint density at radius 3 is 2.61 bits per heavy atom. The molecular weight excluding hydrogens is 284 g/mol. The third-order valence-corrected chi connectivity index (χ3v) is 4.07. The number of nitrogens with two attached hydrogens (primary N) is 1. The molecule has 0 bridgehead atoms. The van der Waals surface area contributed by atoms with Gasteiger partial charge in [0.2, 0.25) is 0 Å². The molecule has 1 unspecified atom stereocenters. The number of benzene rings is 1. The maximum absolute atomic E-state index is 12.7. The number of hydrogen-bond donors (Lipinski definition) is 1. The van der Waals surface area contributed by atoms with Gasteiger partial charge in [-0.3, -0.25) is 4.79 Å². The van der Waals surface area contributed by atoms with Gasteiger partial charge in [0.1, 0.15) is 0 Å². The lowest BCUT2D eigenvalue weighted by atomic mass is 9.99. The maximum Gasteiger partial charge on any atom is 0.254 e. The number of nitrogens with zero attached hydrogens (tertiary/aromatic N) is 1. The van der Waals surface area contributed by atoms with Gasteiger partial charge in [-0.15, -0.1) is 6.58 Å². The Labute approximate surface area is 141 Å². The van der Waals surface area contributed by atoms with Crippen LogP contribution < -0.4 is 5.73 Å². The molecule has 128 valence electrons. The van der Waals surface area contributed by atoms with Crippen molar-refractivity contribution in [2.75, 3.05) is 12.3 Å². The number of amides is 1. The van der Waals surface area contributed by atoms with E-state index in [9.17, 15) is 4.79 Å². The molecule has 1 aromatic rings. The molecule has 23 heavy (non-hydrogen) atoms. The van der Waals surface area contributed by atoms with Gasteiger partial charge in [0.15, 0.2) is 0 Å². The van der Waals surface area contributed by atoms with Crippen molar-refractivity contribution in [3.8, 4) is 0 Å². The second-order valence-electron chi connectivity index (χ2n) is 6.27. The number of nitrogen functional groups attached to an aromatic ring is 1. The van der Waals surface area contributed by atoms with E-state index in [2.05, 4.69) is 33.4 Å². The summed E-state index contributed by atoms with van der Waals surface area (Å²) in [5.41, 5.74) is 9.71. The highest BCUT2D eigenvalue weighted by Crippen LogP contribution is 2.25. The van der Waals surface area contributed by atoms with Gasteiger partial charge in [-0.2, -0.15) is 0 Å². The van der Waals surface area contributed by atoms with Crippen LogP contribution in [0.1, 0.15) is 67.9 Å². The molecule has 0 radical (unpaired) electrons. The van der Waals surface area contributed by atoms with Crippen LogP contribution in [0.4, 0.5) is 5.69 Å². The van der Waals surface area contributed by atoms with Crippen LogP contribution in [-0.2, 0) is 6.42 Å². The number of rotatable bonds is 4. The molecule has 3 nitrogen and oxygen atoms in total. The van der Waals surface area contributed by atoms with Gasteiger partial charge < -0.3 is 10.6 Å². The Bertz CT molecular complexity index is 537. The fraction of sp³-hybridized carbons (Fsp3) is 0.550. The van der Waals surface area contributed by atoms with Crippen LogP contribution in [0.2, 0.25) is 0 Å². The predicted molar refractivity (Wildman–Crippen MR) is 99.8 cm³/mol. The maximum atomic E-state index is 12.7. The third kappa shape index (κ3) is 4.85. The van der Waals surface area contributed by atoms with E-state index in [4.69, 9.17) is 5.73 Å². The van der Waals surface area contributed by atoms with Crippen molar-refractivity contribution in [1.82, 2.24) is 4.90 Å². The van der Waals surface area contributed by atoms with Crippen LogP contribution in [0.3, 0.4) is 0 Å². The van der Waals surface area contributed by atoms with Gasteiger partial charge in [-0.1, -0.05) is 45.8 Å². The van der Waals surface area contributed by atoms with E-state index >= 15 is 0 Å². The number of likely N-dealkylation sites (tertiary alicyclic amines) is 1. The van der Waals surface area contributed by atoms with Crippen molar-refractivity contribution in [3.63, 3.8) is 0 Å². The standard InChI is InChI=1S/C17H24N2O.C3H8/c1-4-7-13-10-12(3)15(11-16(13)18)17(20)19-9-6-8-14(19)5-2;1-3-2/h5,10-11,14H,2,4,6-9,18H2,1,3H3;3H2,1-2H3. The van der Waals surface area contributed by atoms with E-state index < -0.39 is 0 Å². The van der Waals surface area contributed by atoms with Gasteiger partial charge in [-0.25, -0.2) is 0 Å². The lowest BCUT2D eigenvalue weighted by Gasteiger charge is -2.23. The molecule has 1 aromatic carbocycles. The SMILES string of the molecule is C=CC1CCCN1C(=O)c1cc(N)c(CCC)cc1C.CCC. The summed E-state index contributed by atoms with van der Waals surface area (Å²) < 4.78 is 0. The number of carbonyl (C=O) groups excluding carboxylic acids is 1. The van der Waals surface area contributed by atoms with E-state index in [1.807, 2.05) is 24.0 Å². The Morgan fingerprint density at radius 2 is 2.04 bits per heavy atom. The van der Waals surface area contributed by atoms with Gasteiger partial charge in [-0.05, 0) is 43.4 Å². The fourth-order valence-electron chi connectivity index (χ4n) is 2.95. The van der Waals surface area contributed by atoms with Crippen LogP contribution in [0, 0.1) is 6.92 Å². The first-order valence-corrected chi connectivity index (χ1v) is 8.82. The van der Waals surface area contributed by atoms with Crippen LogP contribution in [0.5, 0.6) is 0 Å². The number of hydrogen-bond acceptors (Lipinski definition) is 2. The fourth-order valence-corrected chi connectivity index (χ4v) is 2.95. The zero-order valence-electron chi connectivity index (χ0n) is 15.2. The van der Waals surface area contributed by atoms with Crippen molar-refractivity contribution in [2.24, 2.45) is 0 Å². The molecule has 1 fully saturated rings. The second-order valence-corrected chi connectivity index (χ2v) is 6.27. The minimum atomic E-state index is 0.0830. The lowest BCUT2D eigenvalue weighted by Crippen LogP contribution is -2.34. The van der Waals surface area contributed by atoms with E-state index in [1.54, 1.807) is 0 Å². The molecule has 0 saturated carbocycles. The first-order chi connectivity index (χ1) is 11.0. The van der Waals surface area contributed by atoms with E-state index in [0.717, 1.165) is 54.6 Å². The molecule has 1 heterocycles. The van der Waals surface area contributed by atoms with Gasteiger partial charge in [0.25, 0.3) is 5.91 Å². The lowest BCUT2D eigenvalue weighted by molar-refractivity contribution is 0.0761. The van der Waals surface area contributed by atoms with Crippen molar-refractivity contribution in [2.45, 2.75) is 65.8 Å². The van der Waals surface area contributed by atoms with E-state index in [-0.39, 0.29) is 11.9 Å². The summed E-state index contributed by atoms with van der Waals surface area (Å²) >= 11 is 0. The highest BCUT2D eigenvalue weighted by atomic mass is 16.2. The molecule has 2 rings (SSSR count).